The van der Waals surface area contributed by atoms with E-state index in [1.165, 1.54) is 36.5 Å². The molecule has 258 valence electrons. The molecular formula is C34H44FN7O6. The second-order valence-electron chi connectivity index (χ2n) is 14.0. The topological polar surface area (TPSA) is 141 Å². The smallest absolute Gasteiger partial charge is 0.408 e. The maximum Gasteiger partial charge on any atom is 0.408 e. The number of hydrogen-bond acceptors (Lipinski definition) is 9. The number of ether oxygens (including phenoxy) is 1. The highest BCUT2D eigenvalue weighted by Crippen LogP contribution is 2.46. The molecule has 0 radical (unpaired) electrons. The third-order valence-corrected chi connectivity index (χ3v) is 10.3. The summed E-state index contributed by atoms with van der Waals surface area (Å²) in [7, 11) is 1.47. The van der Waals surface area contributed by atoms with Gasteiger partial charge in [-0.3, -0.25) is 14.5 Å². The van der Waals surface area contributed by atoms with Crippen molar-refractivity contribution in [2.75, 3.05) is 38.2 Å². The lowest BCUT2D eigenvalue weighted by Crippen LogP contribution is -2.67. The molecule has 0 unspecified atom stereocenters. The van der Waals surface area contributed by atoms with E-state index in [2.05, 4.69) is 20.0 Å². The van der Waals surface area contributed by atoms with E-state index in [0.29, 0.717) is 57.0 Å². The van der Waals surface area contributed by atoms with E-state index >= 15 is 0 Å². The van der Waals surface area contributed by atoms with E-state index in [1.807, 2.05) is 32.6 Å². The molecule has 3 atom stereocenters. The second kappa shape index (κ2) is 13.2. The zero-order chi connectivity index (χ0) is 34.3. The number of hydrogen-bond donors (Lipinski definition) is 1. The second-order valence-corrected chi connectivity index (χ2v) is 14.0. The van der Waals surface area contributed by atoms with Crippen LogP contribution in [0.2, 0.25) is 0 Å². The molecule has 2 bridgehead atoms. The summed E-state index contributed by atoms with van der Waals surface area (Å²) in [6.45, 7) is 10.1. The number of oxime groups is 1. The third-order valence-electron chi connectivity index (χ3n) is 10.3. The van der Waals surface area contributed by atoms with Crippen LogP contribution < -0.4 is 9.64 Å². The fourth-order valence-electron chi connectivity index (χ4n) is 8.14. The SMILES string of the molecule is CO/N=C1/C[C@@H]2CC[C@H]1[C@@H](C(=O)N1CCC3(CC1)CN(c1ncncc1Oc1ccc(F)cc1C(=O)N(C(C)C)C(C)C)C3)N2C(=O)O. The zero-order valence-electron chi connectivity index (χ0n) is 28.1. The van der Waals surface area contributed by atoms with E-state index in [9.17, 15) is 23.9 Å². The predicted molar refractivity (Wildman–Crippen MR) is 175 cm³/mol. The first-order valence-corrected chi connectivity index (χ1v) is 16.7. The van der Waals surface area contributed by atoms with Gasteiger partial charge in [-0.05, 0) is 71.6 Å². The first kappa shape index (κ1) is 33.4. The summed E-state index contributed by atoms with van der Waals surface area (Å²) in [5.74, 6) is -0.153. The minimum absolute atomic E-state index is 0.0360. The van der Waals surface area contributed by atoms with Gasteiger partial charge in [-0.2, -0.15) is 0 Å². The Morgan fingerprint density at radius 3 is 2.44 bits per heavy atom. The van der Waals surface area contributed by atoms with Crippen molar-refractivity contribution in [1.82, 2.24) is 24.7 Å². The van der Waals surface area contributed by atoms with Crippen LogP contribution in [0.1, 0.15) is 70.2 Å². The van der Waals surface area contributed by atoms with Gasteiger partial charge in [0.25, 0.3) is 5.91 Å². The minimum Gasteiger partial charge on any atom is -0.465 e. The Bertz CT molecular complexity index is 1580. The molecule has 7 rings (SSSR count). The zero-order valence-corrected chi connectivity index (χ0v) is 28.1. The van der Waals surface area contributed by atoms with Crippen LogP contribution in [-0.2, 0) is 9.63 Å². The maximum atomic E-state index is 14.4. The maximum absolute atomic E-state index is 14.4. The summed E-state index contributed by atoms with van der Waals surface area (Å²) in [6, 6.07) is 2.66. The average molecular weight is 666 g/mol. The van der Waals surface area contributed by atoms with Crippen LogP contribution in [0.25, 0.3) is 0 Å². The molecule has 48 heavy (non-hydrogen) atoms. The highest BCUT2D eigenvalue weighted by molar-refractivity contribution is 5.98. The number of carboxylic acid groups (broad SMARTS) is 1. The van der Waals surface area contributed by atoms with Gasteiger partial charge in [-0.25, -0.2) is 19.2 Å². The van der Waals surface area contributed by atoms with Crippen molar-refractivity contribution in [3.8, 4) is 11.5 Å². The number of piperidine rings is 3. The number of fused-ring (bicyclic) bond motifs is 3. The first-order valence-electron chi connectivity index (χ1n) is 16.7. The van der Waals surface area contributed by atoms with Crippen LogP contribution in [-0.4, -0.2) is 111 Å². The molecule has 5 heterocycles. The van der Waals surface area contributed by atoms with Crippen molar-refractivity contribution in [1.29, 1.82) is 0 Å². The Hall–Kier alpha value is -4.49. The lowest BCUT2D eigenvalue weighted by molar-refractivity contribution is -0.143. The highest BCUT2D eigenvalue weighted by atomic mass is 19.1. The Morgan fingerprint density at radius 2 is 1.79 bits per heavy atom. The largest absolute Gasteiger partial charge is 0.465 e. The predicted octanol–water partition coefficient (Wildman–Crippen LogP) is 4.63. The number of carbonyl (C=O) groups excluding carboxylic acids is 2. The number of rotatable bonds is 8. The van der Waals surface area contributed by atoms with Gasteiger partial charge in [0, 0.05) is 62.1 Å². The van der Waals surface area contributed by atoms with Crippen molar-refractivity contribution in [3.05, 3.63) is 42.1 Å². The summed E-state index contributed by atoms with van der Waals surface area (Å²) in [4.78, 5) is 60.3. The van der Waals surface area contributed by atoms with Gasteiger partial charge in [-0.15, -0.1) is 0 Å². The van der Waals surface area contributed by atoms with Crippen molar-refractivity contribution in [2.45, 2.75) is 84.0 Å². The summed E-state index contributed by atoms with van der Waals surface area (Å²) < 4.78 is 20.6. The van der Waals surface area contributed by atoms with Crippen LogP contribution in [0, 0.1) is 17.2 Å². The monoisotopic (exact) mass is 665 g/mol. The summed E-state index contributed by atoms with van der Waals surface area (Å²) in [6.07, 6.45) is 5.37. The van der Waals surface area contributed by atoms with Crippen molar-refractivity contribution >= 4 is 29.4 Å². The minimum atomic E-state index is -1.07. The quantitative estimate of drug-likeness (QED) is 0.400. The van der Waals surface area contributed by atoms with Crippen molar-refractivity contribution in [3.63, 3.8) is 0 Å². The Balaban J connectivity index is 1.13. The van der Waals surface area contributed by atoms with E-state index in [4.69, 9.17) is 9.57 Å². The molecule has 4 aliphatic heterocycles. The normalized spacial score (nSPS) is 23.9. The summed E-state index contributed by atoms with van der Waals surface area (Å²) in [5, 5.41) is 14.2. The van der Waals surface area contributed by atoms with E-state index in [0.717, 1.165) is 18.6 Å². The van der Waals surface area contributed by atoms with E-state index in [-0.39, 0.29) is 52.6 Å². The standard InChI is InChI=1S/C34H44FN7O6/c1-20(2)41(21(3)4)31(43)25-14-22(35)6-9-27(25)48-28-16-36-19-37-30(28)40-17-34(18-40)10-12-39(13-11-34)32(44)29-24-8-7-23(42(29)33(45)46)15-26(24)38-47-5/h6,9,14,16,19-21,23-24,29H,7-8,10-13,15,17-18H2,1-5H3,(H,45,46)/b38-26-/t23-,24+,29-/m0/s1. The number of aromatic nitrogens is 2. The molecule has 2 aromatic rings. The molecule has 3 amide bonds. The number of likely N-dealkylation sites (tertiary alicyclic amines) is 1. The number of halogens is 1. The van der Waals surface area contributed by atoms with Crippen LogP contribution in [0.15, 0.2) is 35.9 Å². The van der Waals surface area contributed by atoms with E-state index in [1.54, 1.807) is 11.1 Å². The molecule has 4 saturated heterocycles. The van der Waals surface area contributed by atoms with Crippen LogP contribution in [0.3, 0.4) is 0 Å². The summed E-state index contributed by atoms with van der Waals surface area (Å²) >= 11 is 0. The first-order chi connectivity index (χ1) is 22.9. The number of anilines is 1. The average Bonchev–Trinajstić information content (AvgIpc) is 3.04. The number of benzene rings is 1. The highest BCUT2D eigenvalue weighted by Gasteiger charge is 2.54. The molecule has 1 aromatic heterocycles. The molecule has 13 nitrogen and oxygen atoms in total. The Morgan fingerprint density at radius 1 is 1.08 bits per heavy atom. The van der Waals surface area contributed by atoms with Crippen molar-refractivity contribution in [2.24, 2.45) is 16.5 Å². The molecule has 5 fully saturated rings. The Kier molecular flexibility index (Phi) is 9.18. The number of amides is 3. The van der Waals surface area contributed by atoms with Gasteiger partial charge in [0.2, 0.25) is 5.91 Å². The van der Waals surface area contributed by atoms with Gasteiger partial charge in [0.1, 0.15) is 31.0 Å². The molecule has 1 aromatic carbocycles. The van der Waals surface area contributed by atoms with Crippen LogP contribution in [0.4, 0.5) is 15.0 Å². The molecular weight excluding hydrogens is 621 g/mol. The summed E-state index contributed by atoms with van der Waals surface area (Å²) in [5.41, 5.74) is 0.855. The lowest BCUT2D eigenvalue weighted by Gasteiger charge is -2.55. The molecule has 1 N–H and O–H groups in total. The van der Waals surface area contributed by atoms with Gasteiger partial charge in [-0.1, -0.05) is 5.16 Å². The van der Waals surface area contributed by atoms with Gasteiger partial charge in [0.15, 0.2) is 11.6 Å². The number of nitrogens with zero attached hydrogens (tertiary/aromatic N) is 7. The number of carbonyl (C=O) groups is 3. The van der Waals surface area contributed by atoms with Crippen LogP contribution in [0.5, 0.6) is 11.5 Å². The molecule has 1 saturated carbocycles. The van der Waals surface area contributed by atoms with Gasteiger partial charge in [0.05, 0.1) is 17.5 Å². The molecule has 1 aliphatic carbocycles. The lowest BCUT2D eigenvalue weighted by atomic mass is 9.70. The fourth-order valence-corrected chi connectivity index (χ4v) is 8.14. The van der Waals surface area contributed by atoms with Gasteiger partial charge < -0.3 is 29.4 Å². The fraction of sp³-hybridized carbons (Fsp3) is 0.588. The molecule has 5 aliphatic rings. The Labute approximate surface area is 279 Å². The van der Waals surface area contributed by atoms with Crippen LogP contribution >= 0.6 is 0 Å². The molecule has 14 heteroatoms. The van der Waals surface area contributed by atoms with Gasteiger partial charge >= 0.3 is 6.09 Å². The third kappa shape index (κ3) is 6.12. The van der Waals surface area contributed by atoms with Crippen molar-refractivity contribution < 1.29 is 33.5 Å². The van der Waals surface area contributed by atoms with E-state index < -0.39 is 18.0 Å². The molecule has 1 spiro atoms.